The van der Waals surface area contributed by atoms with Crippen LogP contribution >= 0.6 is 0 Å². The van der Waals surface area contributed by atoms with Gasteiger partial charge in [0.15, 0.2) is 5.78 Å². The lowest BCUT2D eigenvalue weighted by Gasteiger charge is -2.23. The Kier molecular flexibility index (Phi) is 4.30. The molecule has 0 saturated carbocycles. The molecule has 3 aromatic carbocycles. The Morgan fingerprint density at radius 1 is 0.969 bits per heavy atom. The third-order valence-corrected chi connectivity index (χ3v) is 6.51. The topological polar surface area (TPSA) is 118 Å². The van der Waals surface area contributed by atoms with Crippen molar-refractivity contribution in [1.29, 1.82) is 0 Å². The summed E-state index contributed by atoms with van der Waals surface area (Å²) < 4.78 is 34.9. The molecule has 32 heavy (non-hydrogen) atoms. The molecule has 0 saturated heterocycles. The van der Waals surface area contributed by atoms with Gasteiger partial charge in [0.1, 0.15) is 4.90 Å². The summed E-state index contributed by atoms with van der Waals surface area (Å²) in [6.45, 7) is 1.71. The summed E-state index contributed by atoms with van der Waals surface area (Å²) in [4.78, 5) is 29.9. The van der Waals surface area contributed by atoms with E-state index < -0.39 is 15.8 Å². The summed E-state index contributed by atoms with van der Waals surface area (Å²) >= 11 is 0. The van der Waals surface area contributed by atoms with Crippen LogP contribution in [-0.4, -0.2) is 28.3 Å². The van der Waals surface area contributed by atoms with E-state index in [2.05, 4.69) is 10.3 Å². The molecule has 0 fully saturated rings. The number of nitrogens with zero attached hydrogens (tertiary/aromatic N) is 2. The molecule has 9 heteroatoms. The number of aryl methyl sites for hydroxylation is 2. The minimum absolute atomic E-state index is 0.125. The average Bonchev–Trinajstić information content (AvgIpc) is 2.75. The summed E-state index contributed by atoms with van der Waals surface area (Å²) in [6, 6.07) is 14.8. The summed E-state index contributed by atoms with van der Waals surface area (Å²) in [6.07, 6.45) is 0. The lowest BCUT2D eigenvalue weighted by Crippen LogP contribution is -2.24. The van der Waals surface area contributed by atoms with Gasteiger partial charge in [0.05, 0.1) is 28.1 Å². The molecule has 0 unspecified atom stereocenters. The zero-order valence-corrected chi connectivity index (χ0v) is 17.9. The Balaban J connectivity index is 1.83. The molecule has 0 spiro atoms. The van der Waals surface area contributed by atoms with E-state index in [9.17, 15) is 22.6 Å². The number of hydrogen-bond acceptors (Lipinski definition) is 6. The number of hydrogen-bond donors (Lipinski definition) is 2. The van der Waals surface area contributed by atoms with Crippen molar-refractivity contribution in [1.82, 2.24) is 9.55 Å². The highest BCUT2D eigenvalue weighted by Crippen LogP contribution is 2.41. The van der Waals surface area contributed by atoms with E-state index in [4.69, 9.17) is 0 Å². The van der Waals surface area contributed by atoms with Crippen LogP contribution in [0.4, 0.5) is 11.4 Å². The first-order valence-electron chi connectivity index (χ1n) is 9.70. The van der Waals surface area contributed by atoms with E-state index in [0.29, 0.717) is 39.0 Å². The standard InChI is InChI=1S/C23H17N3O5S/c1-12-7-8-15(18(11-12)32(29,30)31)24-16-9-10-17-20-19(16)22(27)14-6-4-3-5-13(14)21(20)25-23(28)26(17)2/h3-11,24H,1-2H3,(H,29,30,31). The van der Waals surface area contributed by atoms with E-state index in [1.54, 1.807) is 56.4 Å². The van der Waals surface area contributed by atoms with Gasteiger partial charge in [-0.2, -0.15) is 13.4 Å². The first-order chi connectivity index (χ1) is 15.2. The van der Waals surface area contributed by atoms with Gasteiger partial charge in [-0.15, -0.1) is 0 Å². The van der Waals surface area contributed by atoms with Gasteiger partial charge in [0.25, 0.3) is 10.1 Å². The number of rotatable bonds is 3. The molecule has 1 aliphatic carbocycles. The van der Waals surface area contributed by atoms with Gasteiger partial charge in [0, 0.05) is 23.6 Å². The zero-order valence-electron chi connectivity index (χ0n) is 17.1. The quantitative estimate of drug-likeness (QED) is 0.407. The largest absolute Gasteiger partial charge is 0.354 e. The van der Waals surface area contributed by atoms with E-state index in [-0.39, 0.29) is 21.9 Å². The van der Waals surface area contributed by atoms with Crippen LogP contribution < -0.4 is 11.0 Å². The van der Waals surface area contributed by atoms with Crippen molar-refractivity contribution in [3.05, 3.63) is 81.8 Å². The van der Waals surface area contributed by atoms with Crippen molar-refractivity contribution in [2.75, 3.05) is 5.32 Å². The minimum Gasteiger partial charge on any atom is -0.354 e. The van der Waals surface area contributed by atoms with Crippen molar-refractivity contribution in [2.45, 2.75) is 11.8 Å². The fourth-order valence-corrected chi connectivity index (χ4v) is 4.82. The molecular formula is C23H17N3O5S. The Bertz CT molecular complexity index is 1640. The van der Waals surface area contributed by atoms with E-state index >= 15 is 0 Å². The normalized spacial score (nSPS) is 12.7. The summed E-state index contributed by atoms with van der Waals surface area (Å²) in [5.74, 6) is -0.276. The number of carbonyl (C=O) groups excluding carboxylic acids is 1. The molecule has 0 radical (unpaired) electrons. The van der Waals surface area contributed by atoms with Crippen LogP contribution in [0, 0.1) is 6.92 Å². The average molecular weight is 447 g/mol. The monoisotopic (exact) mass is 447 g/mol. The van der Waals surface area contributed by atoms with Crippen LogP contribution in [0.1, 0.15) is 21.5 Å². The summed E-state index contributed by atoms with van der Waals surface area (Å²) in [5.41, 5.74) is 2.84. The Morgan fingerprint density at radius 3 is 2.38 bits per heavy atom. The third-order valence-electron chi connectivity index (χ3n) is 5.61. The van der Waals surface area contributed by atoms with Crippen molar-refractivity contribution in [2.24, 2.45) is 7.05 Å². The number of fused-ring (bicyclic) bond motifs is 2. The maximum Gasteiger partial charge on any atom is 0.348 e. The molecule has 0 bridgehead atoms. The second kappa shape index (κ2) is 6.84. The lowest BCUT2D eigenvalue weighted by molar-refractivity contribution is 0.104. The minimum atomic E-state index is -4.51. The molecule has 1 aliphatic rings. The summed E-state index contributed by atoms with van der Waals surface area (Å²) in [7, 11) is -2.94. The number of nitrogens with one attached hydrogen (secondary N) is 1. The maximum absolute atomic E-state index is 13.5. The van der Waals surface area contributed by atoms with Crippen molar-refractivity contribution in [3.8, 4) is 11.3 Å². The molecule has 160 valence electrons. The number of carbonyl (C=O) groups is 1. The predicted molar refractivity (Wildman–Crippen MR) is 120 cm³/mol. The Morgan fingerprint density at radius 2 is 1.66 bits per heavy atom. The first-order valence-corrected chi connectivity index (χ1v) is 11.1. The number of benzene rings is 3. The first kappa shape index (κ1) is 20.1. The van der Waals surface area contributed by atoms with Crippen LogP contribution in [0.3, 0.4) is 0 Å². The lowest BCUT2D eigenvalue weighted by atomic mass is 9.85. The van der Waals surface area contributed by atoms with Gasteiger partial charge in [-0.05, 0) is 36.8 Å². The highest BCUT2D eigenvalue weighted by molar-refractivity contribution is 7.86. The SMILES string of the molecule is Cc1ccc(Nc2ccc3c4c(nc(=O)n3C)-c3ccccc3C(=O)c24)c(S(=O)(=O)O)c1. The van der Waals surface area contributed by atoms with Crippen LogP contribution in [-0.2, 0) is 17.2 Å². The van der Waals surface area contributed by atoms with Crippen molar-refractivity contribution < 1.29 is 17.8 Å². The van der Waals surface area contributed by atoms with Gasteiger partial charge >= 0.3 is 5.69 Å². The summed E-state index contributed by atoms with van der Waals surface area (Å²) in [5, 5.41) is 3.50. The number of ketones is 1. The second-order valence-electron chi connectivity index (χ2n) is 7.66. The van der Waals surface area contributed by atoms with E-state index in [0.717, 1.165) is 0 Å². The van der Waals surface area contributed by atoms with E-state index in [1.165, 1.54) is 16.7 Å². The Labute approximate surface area is 182 Å². The van der Waals surface area contributed by atoms with Gasteiger partial charge in [-0.1, -0.05) is 30.3 Å². The number of aromatic nitrogens is 2. The predicted octanol–water partition coefficient (Wildman–Crippen LogP) is 3.44. The molecule has 5 rings (SSSR count). The molecule has 8 nitrogen and oxygen atoms in total. The molecule has 1 heterocycles. The molecule has 1 aromatic heterocycles. The van der Waals surface area contributed by atoms with Crippen LogP contribution in [0.15, 0.2) is 64.3 Å². The fourth-order valence-electron chi connectivity index (χ4n) is 4.09. The molecule has 0 atom stereocenters. The van der Waals surface area contributed by atoms with Crippen molar-refractivity contribution in [3.63, 3.8) is 0 Å². The van der Waals surface area contributed by atoms with Gasteiger partial charge < -0.3 is 5.32 Å². The molecule has 2 N–H and O–H groups in total. The van der Waals surface area contributed by atoms with Crippen LogP contribution in [0.5, 0.6) is 0 Å². The number of anilines is 2. The second-order valence-corrected chi connectivity index (χ2v) is 9.05. The molecule has 0 amide bonds. The van der Waals surface area contributed by atoms with Gasteiger partial charge in [-0.3, -0.25) is 13.9 Å². The van der Waals surface area contributed by atoms with Crippen LogP contribution in [0.2, 0.25) is 0 Å². The third kappa shape index (κ3) is 2.94. The van der Waals surface area contributed by atoms with Gasteiger partial charge in [-0.25, -0.2) is 4.79 Å². The van der Waals surface area contributed by atoms with Crippen LogP contribution in [0.25, 0.3) is 22.2 Å². The maximum atomic E-state index is 13.5. The zero-order chi connectivity index (χ0) is 22.8. The van der Waals surface area contributed by atoms with Gasteiger partial charge in [0.2, 0.25) is 0 Å². The molecule has 4 aromatic rings. The molecule has 0 aliphatic heterocycles. The van der Waals surface area contributed by atoms with Crippen molar-refractivity contribution >= 4 is 38.2 Å². The highest BCUT2D eigenvalue weighted by Gasteiger charge is 2.30. The smallest absolute Gasteiger partial charge is 0.348 e. The Hall–Kier alpha value is -3.82. The van der Waals surface area contributed by atoms with E-state index in [1.807, 2.05) is 0 Å². The fraction of sp³-hybridized carbons (Fsp3) is 0.0870. The highest BCUT2D eigenvalue weighted by atomic mass is 32.2. The molecular weight excluding hydrogens is 430 g/mol.